The zero-order valence-electron chi connectivity index (χ0n) is 69.5. The second-order valence-corrected chi connectivity index (χ2v) is 38.5. The average Bonchev–Trinajstić information content (AvgIpc) is 1.54. The van der Waals surface area contributed by atoms with Crippen LogP contribution < -0.4 is 0 Å². The van der Waals surface area contributed by atoms with E-state index in [9.17, 15) is 0 Å². The molecule has 0 radical (unpaired) electrons. The summed E-state index contributed by atoms with van der Waals surface area (Å²) in [5.74, 6) is 0. The second kappa shape index (κ2) is 27.1. The smallest absolute Gasteiger partial charge is 0.0547 e. The molecule has 0 amide bonds. The molecule has 6 aromatic heterocycles. The Labute approximate surface area is 737 Å². The maximum absolute atomic E-state index is 2.64. The molecule has 4 nitrogen and oxygen atoms in total. The summed E-state index contributed by atoms with van der Waals surface area (Å²) < 4.78 is 15.3. The zero-order chi connectivity index (χ0) is 82.2. The van der Waals surface area contributed by atoms with Crippen molar-refractivity contribution in [3.63, 3.8) is 0 Å². The Hall–Kier alpha value is -14.4. The zero-order valence-corrected chi connectivity index (χ0v) is 71.1. The number of hydrogen-bond acceptors (Lipinski definition) is 2. The maximum atomic E-state index is 2.64. The predicted octanol–water partition coefficient (Wildman–Crippen LogP) is 33.6. The summed E-state index contributed by atoms with van der Waals surface area (Å²) in [6, 6.07) is 145. The third kappa shape index (κ3) is 10.3. The van der Waals surface area contributed by atoms with Gasteiger partial charge in [0.1, 0.15) is 0 Å². The van der Waals surface area contributed by atoms with Crippen molar-refractivity contribution in [3.05, 3.63) is 398 Å². The van der Waals surface area contributed by atoms with E-state index in [1.165, 1.54) is 296 Å². The largest absolute Gasteiger partial charge is 0.309 e. The molecule has 6 heteroatoms. The van der Waals surface area contributed by atoms with Gasteiger partial charge in [-0.2, -0.15) is 0 Å². The number of hydrogen-bond donors (Lipinski definition) is 0. The summed E-state index contributed by atoms with van der Waals surface area (Å²) in [5.41, 5.74) is 38.3. The van der Waals surface area contributed by atoms with Crippen LogP contribution in [0.3, 0.4) is 0 Å². The molecule has 0 unspecified atom stereocenters. The van der Waals surface area contributed by atoms with Crippen molar-refractivity contribution < 1.29 is 0 Å². The number of nitrogens with zero attached hydrogens (tertiary/aromatic N) is 4. The highest BCUT2D eigenvalue weighted by Gasteiger charge is 2.47. The van der Waals surface area contributed by atoms with Crippen LogP contribution in [-0.2, 0) is 10.8 Å². The maximum Gasteiger partial charge on any atom is 0.0547 e. The molecule has 0 bridgehead atoms. The van der Waals surface area contributed by atoms with Crippen LogP contribution in [0.2, 0.25) is 0 Å². The molecule has 126 heavy (non-hydrogen) atoms. The van der Waals surface area contributed by atoms with E-state index >= 15 is 0 Å². The number of fused-ring (bicyclic) bond motifs is 28. The van der Waals surface area contributed by atoms with Crippen molar-refractivity contribution in [1.29, 1.82) is 0 Å². The van der Waals surface area contributed by atoms with E-state index in [0.29, 0.717) is 0 Å². The molecule has 594 valence electrons. The van der Waals surface area contributed by atoms with Crippen LogP contribution in [0, 0.1) is 0 Å². The molecule has 24 aromatic rings. The van der Waals surface area contributed by atoms with Crippen LogP contribution in [0.5, 0.6) is 0 Å². The summed E-state index contributed by atoms with van der Waals surface area (Å²) in [6.07, 6.45) is 12.1. The van der Waals surface area contributed by atoms with Crippen LogP contribution >= 0.6 is 22.7 Å². The second-order valence-electron chi connectivity index (χ2n) is 36.3. The molecule has 2 saturated carbocycles. The van der Waals surface area contributed by atoms with Gasteiger partial charge in [-0.3, -0.25) is 0 Å². The van der Waals surface area contributed by atoms with E-state index in [0.717, 1.165) is 18.5 Å². The van der Waals surface area contributed by atoms with Gasteiger partial charge in [-0.25, -0.2) is 0 Å². The number of thiophene rings is 2. The Morgan fingerprint density at radius 1 is 0.167 bits per heavy atom. The van der Waals surface area contributed by atoms with Gasteiger partial charge < -0.3 is 18.3 Å². The van der Waals surface area contributed by atoms with Gasteiger partial charge >= 0.3 is 0 Å². The molecule has 0 aliphatic heterocycles. The van der Waals surface area contributed by atoms with Gasteiger partial charge in [0.25, 0.3) is 0 Å². The van der Waals surface area contributed by atoms with Crippen molar-refractivity contribution >= 4 is 150 Å². The first-order valence-electron chi connectivity index (χ1n) is 45.2. The highest BCUT2D eigenvalue weighted by Crippen LogP contribution is 2.61. The molecular formula is C120H82N4S2. The fraction of sp³-hybridized carbons (Fsp3) is 0.100. The van der Waals surface area contributed by atoms with Crippen molar-refractivity contribution in [2.75, 3.05) is 0 Å². The minimum Gasteiger partial charge on any atom is -0.309 e. The first kappa shape index (κ1) is 71.1. The number of rotatable bonds is 9. The van der Waals surface area contributed by atoms with Crippen LogP contribution in [0.4, 0.5) is 0 Å². The molecule has 0 saturated heterocycles. The summed E-state index contributed by atoms with van der Waals surface area (Å²) in [5, 5.41) is 15.5. The van der Waals surface area contributed by atoms with Crippen LogP contribution in [0.25, 0.3) is 228 Å². The van der Waals surface area contributed by atoms with E-state index in [1.807, 2.05) is 22.7 Å². The number of para-hydroxylation sites is 4. The fourth-order valence-electron chi connectivity index (χ4n) is 24.2. The predicted molar refractivity (Wildman–Crippen MR) is 535 cm³/mol. The van der Waals surface area contributed by atoms with Gasteiger partial charge in [0, 0.05) is 117 Å². The standard InChI is InChI=1S/C120H82N4S2/c1-5-24-73(25-6-1)75-28-23-29-81(60-75)121-108-36-15-10-31-88(108)100-62-77(44-55-111(100)121)78-40-48-86-98-71-113-101(69-105(98)120(104(86)63-78)58-21-4-22-59-120)89-32-11-16-37-109(89)123(113)84-47-53-95-93-50-42-80(65-116(93)126-118(95)68-84)96-66-82(45-51-85(96)74-26-7-2-8-27-74)122-107-35-14-9-30-87(107)91-49-41-79(64-112(91)122)76-43-54-103-97(61-76)99-72-114-102(70-106(99)119(103)56-19-3-20-57-119)90-33-12-17-38-110(90)124(114)83-46-52-94-92-34-13-18-39-115(92)125-117(94)67-83/h1-2,5-18,23-55,60-72H,3-4,19-22,56-59H2. The summed E-state index contributed by atoms with van der Waals surface area (Å²) in [7, 11) is 0. The molecule has 4 aliphatic rings. The van der Waals surface area contributed by atoms with E-state index < -0.39 is 0 Å². The lowest BCUT2D eigenvalue weighted by atomic mass is 9.67. The van der Waals surface area contributed by atoms with Gasteiger partial charge in [-0.05, 0) is 265 Å². The van der Waals surface area contributed by atoms with Gasteiger partial charge in [-0.15, -0.1) is 22.7 Å². The van der Waals surface area contributed by atoms with Crippen molar-refractivity contribution in [2.24, 2.45) is 0 Å². The normalized spacial score (nSPS) is 14.6. The minimum absolute atomic E-state index is 0.0261. The van der Waals surface area contributed by atoms with Crippen molar-refractivity contribution in [2.45, 2.75) is 75.0 Å². The highest BCUT2D eigenvalue weighted by atomic mass is 32.1. The molecule has 28 rings (SSSR count). The third-order valence-electron chi connectivity index (χ3n) is 29.9. The Morgan fingerprint density at radius 2 is 0.548 bits per heavy atom. The fourth-order valence-corrected chi connectivity index (χ4v) is 26.6. The quantitative estimate of drug-likeness (QED) is 0.137. The van der Waals surface area contributed by atoms with Crippen LogP contribution in [0.1, 0.15) is 86.5 Å². The third-order valence-corrected chi connectivity index (χ3v) is 32.2. The molecule has 0 N–H and O–H groups in total. The molecule has 2 spiro atoms. The lowest BCUT2D eigenvalue weighted by Gasteiger charge is -2.36. The molecule has 4 aliphatic carbocycles. The molecule has 6 heterocycles. The number of benzene rings is 18. The Balaban J connectivity index is 0.544. The average molecular weight is 1640 g/mol. The topological polar surface area (TPSA) is 19.7 Å². The van der Waals surface area contributed by atoms with Crippen LogP contribution in [0.15, 0.2) is 376 Å². The van der Waals surface area contributed by atoms with Gasteiger partial charge in [0.15, 0.2) is 0 Å². The van der Waals surface area contributed by atoms with Crippen molar-refractivity contribution in [1.82, 2.24) is 18.3 Å². The molecule has 2 fully saturated rings. The Bertz CT molecular complexity index is 8800. The van der Waals surface area contributed by atoms with E-state index in [4.69, 9.17) is 0 Å². The molecule has 0 atom stereocenters. The first-order valence-corrected chi connectivity index (χ1v) is 46.8. The first-order chi connectivity index (χ1) is 62.4. The van der Waals surface area contributed by atoms with E-state index in [1.54, 1.807) is 0 Å². The van der Waals surface area contributed by atoms with E-state index in [2.05, 4.69) is 394 Å². The SMILES string of the molecule is c1ccc(-c2cccc(-n3c4ccccc4c4cc(-c5ccc6c(c5)C5(CCCCC5)c5cc7c8ccccc8n(-c8ccc9c(c8)sc8cc(-c%10cc(-n%11c%12ccccc%12c%12ccc(-c%13ccc%14c(c%13)-c%13cc%15c(cc%13C%14%13CCCCC%13)c%13ccccc%13n%15-c%13ccc%14c(c%13)sc%13ccccc%13%14)cc%12%11)ccc%10-c%10ccccc%10)ccc89)c7cc5-6)ccc43)c2)cc1. The highest BCUT2D eigenvalue weighted by molar-refractivity contribution is 7.26. The summed E-state index contributed by atoms with van der Waals surface area (Å²) >= 11 is 3.81. The van der Waals surface area contributed by atoms with Gasteiger partial charge in [0.2, 0.25) is 0 Å². The lowest BCUT2D eigenvalue weighted by molar-refractivity contribution is 0.353. The minimum atomic E-state index is -0.0649. The van der Waals surface area contributed by atoms with E-state index in [-0.39, 0.29) is 10.8 Å². The van der Waals surface area contributed by atoms with Crippen LogP contribution in [-0.4, -0.2) is 18.3 Å². The summed E-state index contributed by atoms with van der Waals surface area (Å²) in [4.78, 5) is 0. The summed E-state index contributed by atoms with van der Waals surface area (Å²) in [6.45, 7) is 0. The number of aromatic nitrogens is 4. The monoisotopic (exact) mass is 1640 g/mol. The Morgan fingerprint density at radius 3 is 1.19 bits per heavy atom. The Kier molecular flexibility index (Phi) is 15.3. The lowest BCUT2D eigenvalue weighted by Crippen LogP contribution is -2.28. The molecule has 18 aromatic carbocycles. The van der Waals surface area contributed by atoms with Gasteiger partial charge in [-0.1, -0.05) is 275 Å². The van der Waals surface area contributed by atoms with Gasteiger partial charge in [0.05, 0.1) is 44.1 Å². The van der Waals surface area contributed by atoms with Crippen molar-refractivity contribution in [3.8, 4) is 101 Å². The molecular weight excluding hydrogens is 1560 g/mol.